The van der Waals surface area contributed by atoms with Crippen molar-refractivity contribution in [2.24, 2.45) is 0 Å². The zero-order valence-electron chi connectivity index (χ0n) is 18.4. The molecule has 1 aliphatic heterocycles. The molecule has 148 valence electrons. The molecule has 1 atom stereocenters. The van der Waals surface area contributed by atoms with E-state index in [1.807, 2.05) is 0 Å². The highest BCUT2D eigenvalue weighted by Crippen LogP contribution is 2.43. The topological polar surface area (TPSA) is 18.5 Å². The Morgan fingerprint density at radius 1 is 0.893 bits per heavy atom. The number of benzene rings is 2. The van der Waals surface area contributed by atoms with Crippen LogP contribution < -0.4 is 5.19 Å². The minimum Gasteiger partial charge on any atom is -0.400 e. The van der Waals surface area contributed by atoms with Crippen molar-refractivity contribution < 1.29 is 9.31 Å². The van der Waals surface area contributed by atoms with Crippen molar-refractivity contribution in [3.63, 3.8) is 0 Å². The second-order valence-electron chi connectivity index (χ2n) is 9.59. The molecule has 2 aromatic carbocycles. The van der Waals surface area contributed by atoms with Gasteiger partial charge in [-0.2, -0.15) is 0 Å². The van der Waals surface area contributed by atoms with Gasteiger partial charge in [-0.25, -0.2) is 0 Å². The van der Waals surface area contributed by atoms with E-state index in [0.717, 1.165) is 5.47 Å². The van der Waals surface area contributed by atoms with Crippen LogP contribution in [0.25, 0.3) is 0 Å². The van der Waals surface area contributed by atoms with Gasteiger partial charge in [-0.1, -0.05) is 78.4 Å². The second-order valence-corrected chi connectivity index (χ2v) is 14.2. The molecule has 2 aromatic rings. The Hall–Kier alpha value is -1.62. The van der Waals surface area contributed by atoms with Crippen molar-refractivity contribution in [3.8, 4) is 0 Å². The number of allylic oxidation sites excluding steroid dienone is 1. The number of hydrogen-bond donors (Lipinski definition) is 0. The third-order valence-corrected chi connectivity index (χ3v) is 10.5. The summed E-state index contributed by atoms with van der Waals surface area (Å²) in [5.74, 6) is 0. The average molecular weight is 392 g/mol. The maximum atomic E-state index is 6.38. The van der Waals surface area contributed by atoms with E-state index < -0.39 is 15.2 Å². The molecule has 4 heteroatoms. The van der Waals surface area contributed by atoms with E-state index in [2.05, 4.69) is 109 Å². The van der Waals surface area contributed by atoms with Crippen molar-refractivity contribution in [3.05, 3.63) is 77.8 Å². The van der Waals surface area contributed by atoms with Crippen LogP contribution in [0.5, 0.6) is 0 Å². The molecule has 28 heavy (non-hydrogen) atoms. The third-order valence-electron chi connectivity index (χ3n) is 6.58. The molecule has 0 bridgehead atoms. The minimum atomic E-state index is -1.95. The van der Waals surface area contributed by atoms with E-state index >= 15 is 0 Å². The van der Waals surface area contributed by atoms with E-state index in [1.165, 1.54) is 16.3 Å². The lowest BCUT2D eigenvalue weighted by Crippen LogP contribution is -2.50. The van der Waals surface area contributed by atoms with Crippen molar-refractivity contribution in [1.29, 1.82) is 0 Å². The maximum Gasteiger partial charge on any atom is 0.490 e. The molecule has 0 radical (unpaired) electrons. The molecule has 1 fully saturated rings. The third kappa shape index (κ3) is 3.78. The van der Waals surface area contributed by atoms with E-state index in [4.69, 9.17) is 9.31 Å². The lowest BCUT2D eigenvalue weighted by atomic mass is 9.75. The standard InChI is InChI=1S/C24H33BO2Si/c1-18-14-16-20(17-15-18)22(28(7,8)21-12-10-9-11-13-21)19(2)25-26-23(3,4)24(5,6)27-25/h9-17,22H,2H2,1,3-8H3/t22-/m1/s1. The zero-order valence-corrected chi connectivity index (χ0v) is 19.4. The quantitative estimate of drug-likeness (QED) is 0.633. The van der Waals surface area contributed by atoms with Gasteiger partial charge >= 0.3 is 7.12 Å². The van der Waals surface area contributed by atoms with Crippen LogP contribution in [-0.2, 0) is 9.31 Å². The fourth-order valence-electron chi connectivity index (χ4n) is 4.02. The molecule has 0 aromatic heterocycles. The molecule has 2 nitrogen and oxygen atoms in total. The summed E-state index contributed by atoms with van der Waals surface area (Å²) in [6.45, 7) is 19.9. The molecule has 0 unspecified atom stereocenters. The fraction of sp³-hybridized carbons (Fsp3) is 0.417. The second kappa shape index (κ2) is 7.33. The predicted molar refractivity (Wildman–Crippen MR) is 123 cm³/mol. The van der Waals surface area contributed by atoms with Gasteiger partial charge in [0, 0.05) is 5.54 Å². The zero-order chi connectivity index (χ0) is 20.7. The van der Waals surface area contributed by atoms with Crippen molar-refractivity contribution >= 4 is 20.4 Å². The average Bonchev–Trinajstić information content (AvgIpc) is 2.85. The predicted octanol–water partition coefficient (Wildman–Crippen LogP) is 5.42. The summed E-state index contributed by atoms with van der Waals surface area (Å²) in [6.07, 6.45) is 0. The smallest absolute Gasteiger partial charge is 0.400 e. The summed E-state index contributed by atoms with van der Waals surface area (Å²) >= 11 is 0. The van der Waals surface area contributed by atoms with Crippen LogP contribution in [0.3, 0.4) is 0 Å². The van der Waals surface area contributed by atoms with Crippen LogP contribution in [0.1, 0.15) is 44.4 Å². The van der Waals surface area contributed by atoms with Crippen LogP contribution in [0.15, 0.2) is 66.6 Å². The van der Waals surface area contributed by atoms with Crippen LogP contribution >= 0.6 is 0 Å². The van der Waals surface area contributed by atoms with Crippen molar-refractivity contribution in [1.82, 2.24) is 0 Å². The van der Waals surface area contributed by atoms with Crippen LogP contribution in [0, 0.1) is 6.92 Å². The summed E-state index contributed by atoms with van der Waals surface area (Å²) in [6, 6.07) is 19.7. The van der Waals surface area contributed by atoms with E-state index in [9.17, 15) is 0 Å². The van der Waals surface area contributed by atoms with Gasteiger partial charge in [0.1, 0.15) is 0 Å². The largest absolute Gasteiger partial charge is 0.490 e. The molecular formula is C24H33BO2Si. The van der Waals surface area contributed by atoms with Crippen molar-refractivity contribution in [2.75, 3.05) is 0 Å². The van der Waals surface area contributed by atoms with Gasteiger partial charge in [0.05, 0.1) is 19.3 Å². The van der Waals surface area contributed by atoms with Gasteiger partial charge in [0.15, 0.2) is 0 Å². The summed E-state index contributed by atoms with van der Waals surface area (Å²) in [4.78, 5) is 0. The summed E-state index contributed by atoms with van der Waals surface area (Å²) in [5, 5.41) is 1.42. The van der Waals surface area contributed by atoms with E-state index in [0.29, 0.717) is 0 Å². The first kappa shape index (κ1) is 21.1. The van der Waals surface area contributed by atoms with Gasteiger partial charge in [0.25, 0.3) is 0 Å². The minimum absolute atomic E-state index is 0.199. The molecule has 0 spiro atoms. The lowest BCUT2D eigenvalue weighted by molar-refractivity contribution is 0.00578. The Kier molecular flexibility index (Phi) is 5.52. The Bertz CT molecular complexity index is 825. The normalized spacial score (nSPS) is 19.5. The molecule has 3 rings (SSSR count). The van der Waals surface area contributed by atoms with Gasteiger partial charge < -0.3 is 9.31 Å². The molecule has 0 aliphatic carbocycles. The van der Waals surface area contributed by atoms with Crippen LogP contribution in [0.4, 0.5) is 0 Å². The first-order chi connectivity index (χ1) is 13.0. The molecule has 0 amide bonds. The summed E-state index contributed by atoms with van der Waals surface area (Å²) < 4.78 is 12.8. The van der Waals surface area contributed by atoms with Crippen LogP contribution in [-0.4, -0.2) is 26.4 Å². The maximum absolute atomic E-state index is 6.38. The highest BCUT2D eigenvalue weighted by Gasteiger charge is 2.54. The van der Waals surface area contributed by atoms with Gasteiger partial charge in [0.2, 0.25) is 0 Å². The first-order valence-electron chi connectivity index (χ1n) is 10.1. The van der Waals surface area contributed by atoms with Crippen molar-refractivity contribution in [2.45, 2.75) is 64.5 Å². The molecule has 1 heterocycles. The fourth-order valence-corrected chi connectivity index (χ4v) is 7.49. The first-order valence-corrected chi connectivity index (χ1v) is 13.2. The molecule has 1 saturated heterocycles. The lowest BCUT2D eigenvalue weighted by Gasteiger charge is -2.36. The molecule has 1 aliphatic rings. The summed E-state index contributed by atoms with van der Waals surface area (Å²) in [5.41, 5.74) is 3.07. The SMILES string of the molecule is C=C(B1OC(C)(C)C(C)(C)O1)[C@H](c1ccc(C)cc1)[Si](C)(C)c1ccccc1. The summed E-state index contributed by atoms with van der Waals surface area (Å²) in [7, 11) is -2.35. The number of hydrogen-bond acceptors (Lipinski definition) is 2. The molecule has 0 saturated carbocycles. The number of aryl methyl sites for hydroxylation is 1. The molecular weight excluding hydrogens is 359 g/mol. The Morgan fingerprint density at radius 2 is 1.39 bits per heavy atom. The highest BCUT2D eigenvalue weighted by molar-refractivity contribution is 6.92. The Labute approximate surface area is 172 Å². The van der Waals surface area contributed by atoms with E-state index in [1.54, 1.807) is 0 Å². The van der Waals surface area contributed by atoms with Gasteiger partial charge in [-0.05, 0) is 45.7 Å². The Balaban J connectivity index is 2.05. The van der Waals surface area contributed by atoms with Gasteiger partial charge in [-0.15, -0.1) is 6.58 Å². The van der Waals surface area contributed by atoms with E-state index in [-0.39, 0.29) is 16.7 Å². The monoisotopic (exact) mass is 392 g/mol. The molecule has 0 N–H and O–H groups in total. The number of rotatable bonds is 5. The highest BCUT2D eigenvalue weighted by atomic mass is 28.3. The van der Waals surface area contributed by atoms with Gasteiger partial charge in [-0.3, -0.25) is 0 Å². The Morgan fingerprint density at radius 3 is 1.89 bits per heavy atom. The van der Waals surface area contributed by atoms with Crippen LogP contribution in [0.2, 0.25) is 13.1 Å².